The van der Waals surface area contributed by atoms with Gasteiger partial charge in [-0.05, 0) is 38.2 Å². The van der Waals surface area contributed by atoms with Gasteiger partial charge in [-0.15, -0.1) is 0 Å². The van der Waals surface area contributed by atoms with E-state index < -0.39 is 15.1 Å². The maximum absolute atomic E-state index is 11.6. The van der Waals surface area contributed by atoms with Crippen LogP contribution in [0.4, 0.5) is 0 Å². The Morgan fingerprint density at radius 1 is 1.12 bits per heavy atom. The summed E-state index contributed by atoms with van der Waals surface area (Å²) in [6, 6.07) is 0. The van der Waals surface area contributed by atoms with Crippen LogP contribution in [0.5, 0.6) is 0 Å². The van der Waals surface area contributed by atoms with Crippen LogP contribution >= 0.6 is 0 Å². The number of hydrogen-bond acceptors (Lipinski definition) is 3. The van der Waals surface area contributed by atoms with E-state index in [-0.39, 0.29) is 0 Å². The molecule has 2 rings (SSSR count). The molecule has 0 aromatic rings. The number of rotatable bonds is 3. The van der Waals surface area contributed by atoms with Crippen LogP contribution in [0.15, 0.2) is 11.8 Å². The highest BCUT2D eigenvalue weighted by molar-refractivity contribution is 7.87. The Hall–Kier alpha value is -0.550. The Morgan fingerprint density at radius 3 is 2.35 bits per heavy atom. The van der Waals surface area contributed by atoms with E-state index in [1.165, 1.54) is 0 Å². The van der Waals surface area contributed by atoms with Crippen molar-refractivity contribution in [2.45, 2.75) is 62.7 Å². The summed E-state index contributed by atoms with van der Waals surface area (Å²) in [5.74, 6) is 0.746. The lowest BCUT2D eigenvalue weighted by Crippen LogP contribution is -2.43. The fraction of sp³-hybridized carbons (Fsp3) is 0.833. The normalized spacial score (nSPS) is 25.1. The molecular formula is C12H20O4S. The maximum atomic E-state index is 11.6. The highest BCUT2D eigenvalue weighted by Gasteiger charge is 2.46. The molecule has 1 saturated carbocycles. The first kappa shape index (κ1) is 12.9. The van der Waals surface area contributed by atoms with Gasteiger partial charge in [-0.2, -0.15) is 8.42 Å². The second-order valence-electron chi connectivity index (χ2n) is 4.96. The van der Waals surface area contributed by atoms with E-state index in [1.807, 2.05) is 6.08 Å². The Morgan fingerprint density at radius 2 is 1.82 bits per heavy atom. The molecule has 0 radical (unpaired) electrons. The van der Waals surface area contributed by atoms with E-state index in [1.54, 1.807) is 0 Å². The smallest absolute Gasteiger partial charge is 0.306 e. The van der Waals surface area contributed by atoms with E-state index in [0.717, 1.165) is 50.7 Å². The Bertz CT molecular complexity index is 391. The third kappa shape index (κ3) is 2.83. The van der Waals surface area contributed by atoms with Gasteiger partial charge in [0.05, 0.1) is 5.76 Å². The van der Waals surface area contributed by atoms with Gasteiger partial charge in [0.25, 0.3) is 0 Å². The summed E-state index contributed by atoms with van der Waals surface area (Å²) >= 11 is 0. The van der Waals surface area contributed by atoms with Crippen molar-refractivity contribution in [2.75, 3.05) is 0 Å². The van der Waals surface area contributed by atoms with Crippen LogP contribution in [0.2, 0.25) is 0 Å². The fourth-order valence-electron chi connectivity index (χ4n) is 2.64. The molecule has 0 unspecified atom stereocenters. The van der Waals surface area contributed by atoms with Crippen LogP contribution in [0.25, 0.3) is 0 Å². The summed E-state index contributed by atoms with van der Waals surface area (Å²) in [4.78, 5) is -1.37. The van der Waals surface area contributed by atoms with E-state index >= 15 is 0 Å². The summed E-state index contributed by atoms with van der Waals surface area (Å²) < 4.78 is 38.3. The molecule has 5 heteroatoms. The molecule has 0 spiro atoms. The Balaban J connectivity index is 2.18. The molecule has 1 N–H and O–H groups in total. The van der Waals surface area contributed by atoms with E-state index in [0.29, 0.717) is 12.8 Å². The summed E-state index contributed by atoms with van der Waals surface area (Å²) in [5, 5.41) is 0. The van der Waals surface area contributed by atoms with E-state index in [9.17, 15) is 13.0 Å². The predicted molar refractivity (Wildman–Crippen MR) is 65.0 cm³/mol. The third-order valence-corrected chi connectivity index (χ3v) is 5.08. The fourth-order valence-corrected chi connectivity index (χ4v) is 3.66. The summed E-state index contributed by atoms with van der Waals surface area (Å²) in [6.45, 7) is 0. The van der Waals surface area contributed by atoms with Crippen LogP contribution in [0.3, 0.4) is 0 Å². The van der Waals surface area contributed by atoms with Crippen molar-refractivity contribution in [3.05, 3.63) is 11.8 Å². The lowest BCUT2D eigenvalue weighted by Gasteiger charge is -2.36. The van der Waals surface area contributed by atoms with Gasteiger partial charge in [-0.3, -0.25) is 4.55 Å². The molecule has 0 saturated heterocycles. The number of ether oxygens (including phenoxy) is 1. The molecule has 0 heterocycles. The van der Waals surface area contributed by atoms with Crippen LogP contribution in [-0.4, -0.2) is 17.9 Å². The number of hydrogen-bond donors (Lipinski definition) is 1. The van der Waals surface area contributed by atoms with E-state index in [4.69, 9.17) is 4.74 Å². The van der Waals surface area contributed by atoms with Gasteiger partial charge in [0.2, 0.25) is 4.93 Å². The van der Waals surface area contributed by atoms with Gasteiger partial charge in [-0.25, -0.2) is 0 Å². The second kappa shape index (κ2) is 4.98. The number of allylic oxidation sites excluding steroid dienone is 2. The predicted octanol–water partition coefficient (Wildman–Crippen LogP) is 3.01. The molecule has 0 aromatic carbocycles. The molecule has 17 heavy (non-hydrogen) atoms. The minimum atomic E-state index is -4.15. The van der Waals surface area contributed by atoms with Crippen LogP contribution < -0.4 is 0 Å². The zero-order valence-corrected chi connectivity index (χ0v) is 10.8. The Labute approximate surface area is 103 Å². The first-order valence-electron chi connectivity index (χ1n) is 6.39. The summed E-state index contributed by atoms with van der Waals surface area (Å²) in [6.07, 6.45) is 9.28. The topological polar surface area (TPSA) is 63.6 Å². The van der Waals surface area contributed by atoms with Crippen molar-refractivity contribution < 1.29 is 17.7 Å². The third-order valence-electron chi connectivity index (χ3n) is 3.65. The maximum Gasteiger partial charge on any atom is 0.306 e. The Kier molecular flexibility index (Phi) is 3.78. The average molecular weight is 260 g/mol. The molecule has 2 aliphatic carbocycles. The molecule has 2 aliphatic rings. The lowest BCUT2D eigenvalue weighted by atomic mass is 9.96. The standard InChI is InChI=1S/C12H20O4S/c13-17(14,15)12(9-5-2-6-10-12)16-11-7-3-1-4-8-11/h7H,1-6,8-10H2,(H,13,14,15). The van der Waals surface area contributed by atoms with Crippen molar-refractivity contribution >= 4 is 10.1 Å². The van der Waals surface area contributed by atoms with Crippen molar-refractivity contribution in [1.82, 2.24) is 0 Å². The first-order valence-corrected chi connectivity index (χ1v) is 7.83. The molecule has 0 aromatic heterocycles. The van der Waals surface area contributed by atoms with E-state index in [2.05, 4.69) is 0 Å². The molecule has 98 valence electrons. The minimum Gasteiger partial charge on any atom is -0.474 e. The highest BCUT2D eigenvalue weighted by atomic mass is 32.2. The van der Waals surface area contributed by atoms with Crippen molar-refractivity contribution in [2.24, 2.45) is 0 Å². The minimum absolute atomic E-state index is 0.406. The first-order chi connectivity index (χ1) is 8.04. The molecule has 1 fully saturated rings. The quantitative estimate of drug-likeness (QED) is 0.792. The molecule has 0 aliphatic heterocycles. The van der Waals surface area contributed by atoms with Gasteiger partial charge in [0.15, 0.2) is 0 Å². The largest absolute Gasteiger partial charge is 0.474 e. The van der Waals surface area contributed by atoms with Gasteiger partial charge >= 0.3 is 10.1 Å². The zero-order chi connectivity index (χ0) is 12.4. The molecule has 4 nitrogen and oxygen atoms in total. The SMILES string of the molecule is O=S(=O)(O)C1(OC2=CCCCC2)CCCCC1. The molecule has 0 atom stereocenters. The van der Waals surface area contributed by atoms with Crippen molar-refractivity contribution in [3.63, 3.8) is 0 Å². The summed E-state index contributed by atoms with van der Waals surface area (Å²) in [5.41, 5.74) is 0. The van der Waals surface area contributed by atoms with Gasteiger partial charge in [-0.1, -0.05) is 6.42 Å². The molecule has 0 amide bonds. The second-order valence-corrected chi connectivity index (χ2v) is 6.66. The molecule has 0 bridgehead atoms. The van der Waals surface area contributed by atoms with Crippen molar-refractivity contribution in [1.29, 1.82) is 0 Å². The van der Waals surface area contributed by atoms with Crippen LogP contribution in [0, 0.1) is 0 Å². The van der Waals surface area contributed by atoms with Crippen molar-refractivity contribution in [3.8, 4) is 0 Å². The van der Waals surface area contributed by atoms with Crippen LogP contribution in [0.1, 0.15) is 57.8 Å². The lowest BCUT2D eigenvalue weighted by molar-refractivity contribution is 0.0274. The highest BCUT2D eigenvalue weighted by Crippen LogP contribution is 2.39. The zero-order valence-electron chi connectivity index (χ0n) is 10.0. The van der Waals surface area contributed by atoms with Gasteiger partial charge < -0.3 is 4.74 Å². The average Bonchev–Trinajstić information content (AvgIpc) is 2.30. The molecular weight excluding hydrogens is 240 g/mol. The van der Waals surface area contributed by atoms with Gasteiger partial charge in [0, 0.05) is 19.3 Å². The van der Waals surface area contributed by atoms with Crippen LogP contribution in [-0.2, 0) is 14.9 Å². The van der Waals surface area contributed by atoms with Gasteiger partial charge in [0.1, 0.15) is 0 Å². The summed E-state index contributed by atoms with van der Waals surface area (Å²) in [7, 11) is -4.15. The monoisotopic (exact) mass is 260 g/mol.